The predicted octanol–water partition coefficient (Wildman–Crippen LogP) is 1.79. The molecule has 22 heavy (non-hydrogen) atoms. The van der Waals surface area contributed by atoms with Gasteiger partial charge in [0, 0.05) is 12.7 Å². The molecular weight excluding hydrogens is 290 g/mol. The second-order valence-electron chi connectivity index (χ2n) is 4.54. The summed E-state index contributed by atoms with van der Waals surface area (Å²) in [6.45, 7) is 0.142. The Balaban J connectivity index is 1.82. The van der Waals surface area contributed by atoms with Crippen LogP contribution in [0.25, 0.3) is 0 Å². The van der Waals surface area contributed by atoms with Crippen molar-refractivity contribution in [2.24, 2.45) is 0 Å². The van der Waals surface area contributed by atoms with Crippen molar-refractivity contribution in [1.82, 2.24) is 5.06 Å². The highest BCUT2D eigenvalue weighted by Gasteiger charge is 2.39. The van der Waals surface area contributed by atoms with Gasteiger partial charge in [-0.2, -0.15) is 0 Å². The molecule has 0 bridgehead atoms. The molecular formula is C15H11NO6. The zero-order chi connectivity index (χ0) is 15.7. The Morgan fingerprint density at radius 3 is 2.36 bits per heavy atom. The molecule has 0 fully saturated rings. The number of methoxy groups -OCH3 is 1. The summed E-state index contributed by atoms with van der Waals surface area (Å²) in [6, 6.07) is 7.78. The fourth-order valence-corrected chi connectivity index (χ4v) is 2.16. The van der Waals surface area contributed by atoms with E-state index in [0.717, 1.165) is 0 Å². The normalized spacial score (nSPS) is 13.4. The molecule has 0 radical (unpaired) electrons. The first-order valence-electron chi connectivity index (χ1n) is 6.39. The molecule has 1 aliphatic rings. The number of hydroxylamine groups is 2. The van der Waals surface area contributed by atoms with Crippen LogP contribution in [-0.4, -0.2) is 30.0 Å². The third-order valence-electron chi connectivity index (χ3n) is 3.16. The topological polar surface area (TPSA) is 86.1 Å². The van der Waals surface area contributed by atoms with E-state index in [2.05, 4.69) is 0 Å². The molecule has 2 aromatic rings. The minimum Gasteiger partial charge on any atom is -0.457 e. The molecule has 0 saturated carbocycles. The van der Waals surface area contributed by atoms with Gasteiger partial charge in [0.25, 0.3) is 11.8 Å². The fourth-order valence-electron chi connectivity index (χ4n) is 2.16. The average Bonchev–Trinajstić information content (AvgIpc) is 3.07. The number of benzene rings is 1. The zero-order valence-corrected chi connectivity index (χ0v) is 11.6. The largest absolute Gasteiger partial charge is 0.457 e. The molecule has 3 rings (SSSR count). The molecule has 0 atom stereocenters. The number of hydrogen-bond acceptors (Lipinski definition) is 6. The number of furan rings is 1. The second kappa shape index (κ2) is 5.45. The monoisotopic (exact) mass is 301 g/mol. The Kier molecular flexibility index (Phi) is 3.48. The van der Waals surface area contributed by atoms with E-state index < -0.39 is 17.8 Å². The number of amides is 2. The Morgan fingerprint density at radius 2 is 1.77 bits per heavy atom. The Bertz CT molecular complexity index is 728. The van der Waals surface area contributed by atoms with Gasteiger partial charge in [-0.25, -0.2) is 4.79 Å². The van der Waals surface area contributed by atoms with Gasteiger partial charge in [-0.1, -0.05) is 17.2 Å². The van der Waals surface area contributed by atoms with E-state index in [4.69, 9.17) is 14.0 Å². The molecule has 7 heteroatoms. The lowest BCUT2D eigenvalue weighted by atomic mass is 10.1. The number of nitrogens with zero attached hydrogens (tertiary/aromatic N) is 1. The molecule has 1 aromatic heterocycles. The van der Waals surface area contributed by atoms with Gasteiger partial charge in [-0.3, -0.25) is 9.59 Å². The lowest BCUT2D eigenvalue weighted by molar-refractivity contribution is -0.0605. The number of carbonyl (C=O) groups is 3. The van der Waals surface area contributed by atoms with E-state index >= 15 is 0 Å². The third-order valence-corrected chi connectivity index (χ3v) is 3.16. The SMILES string of the molecule is COCc1ccoc1C(=O)ON1C(=O)c2ccccc2C1=O. The average molecular weight is 301 g/mol. The van der Waals surface area contributed by atoms with Crippen LogP contribution in [0.4, 0.5) is 0 Å². The number of hydrogen-bond donors (Lipinski definition) is 0. The van der Waals surface area contributed by atoms with E-state index in [1.165, 1.54) is 25.5 Å². The molecule has 0 spiro atoms. The number of ether oxygens (including phenoxy) is 1. The molecule has 1 aromatic carbocycles. The summed E-state index contributed by atoms with van der Waals surface area (Å²) in [6.07, 6.45) is 1.30. The van der Waals surface area contributed by atoms with Crippen molar-refractivity contribution in [3.63, 3.8) is 0 Å². The standard InChI is InChI=1S/C15H11NO6/c1-20-8-9-6-7-21-12(9)15(19)22-16-13(17)10-4-2-3-5-11(10)14(16)18/h2-7H,8H2,1H3. The first-order valence-corrected chi connectivity index (χ1v) is 6.39. The van der Waals surface area contributed by atoms with Gasteiger partial charge in [0.15, 0.2) is 0 Å². The Labute approximate surface area is 125 Å². The summed E-state index contributed by atoms with van der Waals surface area (Å²) in [5.74, 6) is -2.42. The summed E-state index contributed by atoms with van der Waals surface area (Å²) in [7, 11) is 1.46. The molecule has 0 saturated heterocycles. The molecule has 7 nitrogen and oxygen atoms in total. The first-order chi connectivity index (χ1) is 10.6. The van der Waals surface area contributed by atoms with Crippen molar-refractivity contribution < 1.29 is 28.4 Å². The zero-order valence-electron chi connectivity index (χ0n) is 11.6. The van der Waals surface area contributed by atoms with Crippen molar-refractivity contribution in [3.05, 3.63) is 59.0 Å². The molecule has 0 N–H and O–H groups in total. The quantitative estimate of drug-likeness (QED) is 0.800. The van der Waals surface area contributed by atoms with Gasteiger partial charge in [0.2, 0.25) is 5.76 Å². The van der Waals surface area contributed by atoms with Crippen molar-refractivity contribution in [1.29, 1.82) is 0 Å². The van der Waals surface area contributed by atoms with Crippen molar-refractivity contribution in [2.75, 3.05) is 7.11 Å². The van der Waals surface area contributed by atoms with E-state index in [1.54, 1.807) is 18.2 Å². The van der Waals surface area contributed by atoms with Gasteiger partial charge in [-0.15, -0.1) is 0 Å². The summed E-state index contributed by atoms with van der Waals surface area (Å²) < 4.78 is 9.96. The highest BCUT2D eigenvalue weighted by Crippen LogP contribution is 2.24. The van der Waals surface area contributed by atoms with Crippen LogP contribution in [0.15, 0.2) is 41.0 Å². The molecule has 0 unspecified atom stereocenters. The van der Waals surface area contributed by atoms with Gasteiger partial charge in [-0.05, 0) is 18.2 Å². The number of carbonyl (C=O) groups excluding carboxylic acids is 3. The maximum absolute atomic E-state index is 12.1. The van der Waals surface area contributed by atoms with Crippen LogP contribution in [0, 0.1) is 0 Å². The van der Waals surface area contributed by atoms with E-state index in [0.29, 0.717) is 10.6 Å². The molecule has 1 aliphatic heterocycles. The number of rotatable bonds is 4. The van der Waals surface area contributed by atoms with E-state index in [-0.39, 0.29) is 23.5 Å². The maximum Gasteiger partial charge on any atom is 0.399 e. The lowest BCUT2D eigenvalue weighted by Crippen LogP contribution is -2.32. The minimum absolute atomic E-state index is 0.113. The lowest BCUT2D eigenvalue weighted by Gasteiger charge is -2.12. The van der Waals surface area contributed by atoms with Crippen LogP contribution in [0.2, 0.25) is 0 Å². The smallest absolute Gasteiger partial charge is 0.399 e. The molecule has 0 aliphatic carbocycles. The molecule has 2 heterocycles. The van der Waals surface area contributed by atoms with Gasteiger partial charge < -0.3 is 14.0 Å². The Morgan fingerprint density at radius 1 is 1.14 bits per heavy atom. The van der Waals surface area contributed by atoms with Gasteiger partial charge >= 0.3 is 5.97 Å². The summed E-state index contributed by atoms with van der Waals surface area (Å²) in [5.41, 5.74) is 0.845. The summed E-state index contributed by atoms with van der Waals surface area (Å²) in [5, 5.41) is 0.437. The van der Waals surface area contributed by atoms with Crippen LogP contribution in [-0.2, 0) is 16.2 Å². The van der Waals surface area contributed by atoms with Gasteiger partial charge in [0.1, 0.15) is 0 Å². The van der Waals surface area contributed by atoms with Crippen molar-refractivity contribution >= 4 is 17.8 Å². The highest BCUT2D eigenvalue weighted by atomic mass is 16.7. The van der Waals surface area contributed by atoms with Crippen LogP contribution >= 0.6 is 0 Å². The van der Waals surface area contributed by atoms with Crippen molar-refractivity contribution in [3.8, 4) is 0 Å². The number of imide groups is 1. The van der Waals surface area contributed by atoms with E-state index in [9.17, 15) is 14.4 Å². The third kappa shape index (κ3) is 2.17. The van der Waals surface area contributed by atoms with E-state index in [1.807, 2.05) is 0 Å². The van der Waals surface area contributed by atoms with Crippen LogP contribution < -0.4 is 0 Å². The molecule has 2 amide bonds. The minimum atomic E-state index is -0.938. The van der Waals surface area contributed by atoms with Crippen LogP contribution in [0.3, 0.4) is 0 Å². The Hall–Kier alpha value is -2.93. The fraction of sp³-hybridized carbons (Fsp3) is 0.133. The van der Waals surface area contributed by atoms with Crippen LogP contribution in [0.5, 0.6) is 0 Å². The summed E-state index contributed by atoms with van der Waals surface area (Å²) >= 11 is 0. The molecule has 112 valence electrons. The summed E-state index contributed by atoms with van der Waals surface area (Å²) in [4.78, 5) is 41.2. The van der Waals surface area contributed by atoms with Crippen molar-refractivity contribution in [2.45, 2.75) is 6.61 Å². The first kappa shape index (κ1) is 14.0. The predicted molar refractivity (Wildman–Crippen MR) is 71.8 cm³/mol. The highest BCUT2D eigenvalue weighted by molar-refractivity contribution is 6.21. The second-order valence-corrected chi connectivity index (χ2v) is 4.54. The maximum atomic E-state index is 12.1. The number of fused-ring (bicyclic) bond motifs is 1. The van der Waals surface area contributed by atoms with Gasteiger partial charge in [0.05, 0.1) is 24.0 Å². The van der Waals surface area contributed by atoms with Crippen LogP contribution in [0.1, 0.15) is 36.8 Å².